The van der Waals surface area contributed by atoms with Gasteiger partial charge >= 0.3 is 5.97 Å². The number of alkyl halides is 1. The van der Waals surface area contributed by atoms with E-state index < -0.39 is 36.5 Å². The Hall–Kier alpha value is -4.54. The maximum Gasteiger partial charge on any atom is 0.329 e. The molecule has 7 rings (SSSR count). The monoisotopic (exact) mass is 963 g/mol. The normalized spacial score (nSPS) is 15.2. The van der Waals surface area contributed by atoms with E-state index in [1.807, 2.05) is 0 Å². The second-order valence-corrected chi connectivity index (χ2v) is 21.0. The zero-order valence-corrected chi connectivity index (χ0v) is 38.0. The molecule has 21 heteroatoms. The number of halogens is 3. The molecule has 0 bridgehead atoms. The van der Waals surface area contributed by atoms with Crippen LogP contribution < -0.4 is 15.4 Å². The van der Waals surface area contributed by atoms with E-state index in [1.54, 1.807) is 72.6 Å². The lowest BCUT2D eigenvalue weighted by Gasteiger charge is -2.23. The van der Waals surface area contributed by atoms with E-state index in [2.05, 4.69) is 38.0 Å². The maximum atomic E-state index is 15.8. The Morgan fingerprint density at radius 3 is 2.51 bits per heavy atom. The summed E-state index contributed by atoms with van der Waals surface area (Å²) in [5, 5.41) is 6.73. The molecule has 0 aliphatic carbocycles. The molecule has 3 aromatic carbocycles. The Morgan fingerprint density at radius 2 is 1.80 bits per heavy atom. The summed E-state index contributed by atoms with van der Waals surface area (Å²) in [7, 11) is 7.22. The summed E-state index contributed by atoms with van der Waals surface area (Å²) in [6.45, 7) is 1.14. The number of carbonyl (C=O) groups is 4. The van der Waals surface area contributed by atoms with Gasteiger partial charge in [-0.05, 0) is 36.8 Å². The van der Waals surface area contributed by atoms with E-state index in [9.17, 15) is 23.6 Å². The molecule has 2 aliphatic rings. The van der Waals surface area contributed by atoms with Crippen molar-refractivity contribution in [2.75, 3.05) is 37.5 Å². The minimum atomic E-state index is -1.48. The molecule has 0 spiro atoms. The number of ether oxygens (including phenoxy) is 3. The van der Waals surface area contributed by atoms with Crippen molar-refractivity contribution >= 4 is 121 Å². The van der Waals surface area contributed by atoms with Gasteiger partial charge in [-0.3, -0.25) is 14.4 Å². The van der Waals surface area contributed by atoms with Crippen LogP contribution in [-0.2, 0) is 101 Å². The largest absolute Gasteiger partial charge is 0.475 e. The second kappa shape index (κ2) is 21.5. The first-order valence-electron chi connectivity index (χ1n) is 18.3. The number of methoxy groups -OCH3 is 1. The number of hydrogen-bond acceptors (Lipinski definition) is 11. The average Bonchev–Trinajstić information content (AvgIpc) is 3.95. The highest BCUT2D eigenvalue weighted by molar-refractivity contribution is 8.64. The minimum absolute atomic E-state index is 0.0452. The van der Waals surface area contributed by atoms with Crippen molar-refractivity contribution in [3.63, 3.8) is 0 Å². The van der Waals surface area contributed by atoms with Crippen molar-refractivity contribution in [1.82, 2.24) is 14.5 Å². The predicted octanol–water partition coefficient (Wildman–Crippen LogP) is 6.63. The third-order valence-electron chi connectivity index (χ3n) is 9.64. The Labute approximate surface area is 375 Å². The van der Waals surface area contributed by atoms with Crippen LogP contribution in [0.1, 0.15) is 34.8 Å². The summed E-state index contributed by atoms with van der Waals surface area (Å²) in [5.41, 5.74) is 3.99. The van der Waals surface area contributed by atoms with Crippen LogP contribution in [0.3, 0.4) is 0 Å². The van der Waals surface area contributed by atoms with Crippen LogP contribution in [0.5, 0.6) is 5.88 Å². The van der Waals surface area contributed by atoms with Crippen LogP contribution in [0.2, 0.25) is 5.02 Å². The molecule has 2 atom stereocenters. The Morgan fingerprint density at radius 1 is 1.03 bits per heavy atom. The standard InChI is InChI=1S/C40H36ClF2N5O7.S6/c1-22(49)31-19-47(32-10-7-26(16-30(31)32)45-27-8-11-35(44-17-27)54-13-12-53-2)20-36(51)48-18-25(42)15-33(48)40(52)55-21-24-4-3-5-29(38(24)43)28-9-6-23-14-34(50)46-39(23)37(28)41;1-3-5-6-4-2/h3-11,16-17,19,25,33,45H,12-15,18,20-21H2,1-2H3,(H,46,50);/t25-,33+;/m1./s1. The van der Waals surface area contributed by atoms with Crippen LogP contribution in [0.25, 0.3) is 22.0 Å². The van der Waals surface area contributed by atoms with Gasteiger partial charge in [-0.15, -0.1) is 0 Å². The Kier molecular flexibility index (Phi) is 16.2. The van der Waals surface area contributed by atoms with Gasteiger partial charge in [0.05, 0.1) is 42.2 Å². The van der Waals surface area contributed by atoms with Crippen molar-refractivity contribution in [2.45, 2.75) is 45.1 Å². The number of hydrogen-bond donors (Lipinski definition) is 2. The van der Waals surface area contributed by atoms with Gasteiger partial charge in [0.25, 0.3) is 0 Å². The fourth-order valence-electron chi connectivity index (χ4n) is 6.87. The summed E-state index contributed by atoms with van der Waals surface area (Å²) < 4.78 is 48.2. The van der Waals surface area contributed by atoms with Crippen molar-refractivity contribution in [1.29, 1.82) is 0 Å². The average molecular weight is 965 g/mol. The molecule has 1 fully saturated rings. The lowest BCUT2D eigenvalue weighted by Crippen LogP contribution is -2.43. The van der Waals surface area contributed by atoms with Gasteiger partial charge in [0.2, 0.25) is 17.7 Å². The van der Waals surface area contributed by atoms with Crippen molar-refractivity contribution in [2.24, 2.45) is 0 Å². The fraction of sp³-hybridized carbons (Fsp3) is 0.275. The number of rotatable bonds is 13. The van der Waals surface area contributed by atoms with Crippen LogP contribution >= 0.6 is 11.6 Å². The number of fused-ring (bicyclic) bond motifs is 2. The number of esters is 1. The lowest BCUT2D eigenvalue weighted by molar-refractivity contribution is -0.154. The van der Waals surface area contributed by atoms with E-state index in [0.29, 0.717) is 63.7 Å². The summed E-state index contributed by atoms with van der Waals surface area (Å²) >= 11 is 15.6. The van der Waals surface area contributed by atoms with E-state index in [-0.39, 0.29) is 53.8 Å². The van der Waals surface area contributed by atoms with Crippen molar-refractivity contribution in [3.05, 3.63) is 101 Å². The van der Waals surface area contributed by atoms with Gasteiger partial charge in [0, 0.05) is 123 Å². The number of ketones is 1. The molecule has 4 heterocycles. The number of amides is 2. The Balaban J connectivity index is 0.000000967. The molecule has 0 unspecified atom stereocenters. The zero-order chi connectivity index (χ0) is 43.6. The van der Waals surface area contributed by atoms with Gasteiger partial charge in [0.1, 0.15) is 37.8 Å². The molecule has 2 amide bonds. The quantitative estimate of drug-likeness (QED) is 0.0747. The number of Topliss-reactive ketones (excluding diaryl/α,β-unsaturated/α-hetero) is 1. The van der Waals surface area contributed by atoms with E-state index in [0.717, 1.165) is 4.90 Å². The third-order valence-corrected chi connectivity index (χ3v) is 16.7. The molecule has 61 heavy (non-hydrogen) atoms. The van der Waals surface area contributed by atoms with Gasteiger partial charge < -0.3 is 34.3 Å². The molecule has 1 saturated heterocycles. The topological polar surface area (TPSA) is 141 Å². The summed E-state index contributed by atoms with van der Waals surface area (Å²) in [4.78, 5) is 57.0. The molecule has 0 radical (unpaired) electrons. The summed E-state index contributed by atoms with van der Waals surface area (Å²) in [5.74, 6) is -2.10. The predicted molar refractivity (Wildman–Crippen MR) is 245 cm³/mol. The fourth-order valence-corrected chi connectivity index (χ4v) is 12.7. The number of anilines is 3. The molecule has 2 aliphatic heterocycles. The SMILES string of the molecule is COCCOc1ccc(Nc2ccc3c(c2)c(C(C)=O)cn3CC(=O)N2C[C@H](F)C[C@H]2C(=O)OCc2cccc(-c3ccc4c(c3Cl)NC(=O)C4)c2F)cn1.S=S=S=S=S=S. The lowest BCUT2D eigenvalue weighted by atomic mass is 9.99. The summed E-state index contributed by atoms with van der Waals surface area (Å²) in [6.07, 6.45) is 1.59. The molecule has 2 N–H and O–H groups in total. The highest BCUT2D eigenvalue weighted by Crippen LogP contribution is 2.40. The molecular weight excluding hydrogens is 928 g/mol. The van der Waals surface area contributed by atoms with Crippen LogP contribution in [0.4, 0.5) is 25.8 Å². The molecule has 12 nitrogen and oxygen atoms in total. The number of pyridine rings is 1. The molecule has 5 aromatic rings. The highest BCUT2D eigenvalue weighted by Gasteiger charge is 2.41. The van der Waals surface area contributed by atoms with Crippen molar-refractivity contribution < 1.29 is 42.2 Å². The van der Waals surface area contributed by atoms with E-state index in [1.165, 1.54) is 54.6 Å². The number of benzene rings is 3. The smallest absolute Gasteiger partial charge is 0.329 e. The second-order valence-electron chi connectivity index (χ2n) is 13.5. The van der Waals surface area contributed by atoms with Crippen LogP contribution in [0, 0.1) is 5.82 Å². The highest BCUT2D eigenvalue weighted by atomic mass is 35.5. The molecule has 2 aromatic heterocycles. The van der Waals surface area contributed by atoms with Crippen molar-refractivity contribution in [3.8, 4) is 17.0 Å². The third kappa shape index (κ3) is 11.3. The summed E-state index contributed by atoms with van der Waals surface area (Å²) in [6, 6.07) is 15.5. The number of nitrogens with zero attached hydrogens (tertiary/aromatic N) is 3. The van der Waals surface area contributed by atoms with Crippen LogP contribution in [0.15, 0.2) is 73.1 Å². The molecule has 0 saturated carbocycles. The van der Waals surface area contributed by atoms with Gasteiger partial charge in [-0.2, -0.15) is 0 Å². The first-order chi connectivity index (χ1) is 29.4. The molecular formula is C40H36ClF2N5O7S6. The van der Waals surface area contributed by atoms with E-state index >= 15 is 4.39 Å². The van der Waals surface area contributed by atoms with Gasteiger partial charge in [0.15, 0.2) is 5.78 Å². The van der Waals surface area contributed by atoms with Crippen LogP contribution in [-0.4, -0.2) is 77.1 Å². The number of aromatic nitrogens is 2. The van der Waals surface area contributed by atoms with Gasteiger partial charge in [-0.25, -0.2) is 18.6 Å². The minimum Gasteiger partial charge on any atom is -0.475 e. The zero-order valence-electron chi connectivity index (χ0n) is 32.3. The van der Waals surface area contributed by atoms with Gasteiger partial charge in [-0.1, -0.05) is 41.9 Å². The number of likely N-dealkylation sites (tertiary alicyclic amines) is 1. The first-order valence-corrected chi connectivity index (χ1v) is 25.4. The maximum absolute atomic E-state index is 15.8. The number of nitrogens with one attached hydrogen (secondary N) is 2. The molecule has 320 valence electrons. The number of carbonyl (C=O) groups excluding carboxylic acids is 4. The first kappa shape index (κ1) is 46.0. The van der Waals surface area contributed by atoms with E-state index in [4.69, 9.17) is 25.8 Å². The Bertz CT molecular complexity index is 2660.